The van der Waals surface area contributed by atoms with Crippen LogP contribution < -0.4 is 5.32 Å². The molecule has 0 radical (unpaired) electrons. The standard InChI is InChI=1S/C18H23FN4O3S/c1-22-7-6-20-17(22)9-21-16-12-27(25,26)11-15(16)18(24)23(2)10-13-4-3-5-14(19)8-13/h3-8,15-16,21H,9-12H2,1-2H3/t15-,16-/m1/s1. The van der Waals surface area contributed by atoms with Crippen LogP contribution in [0.2, 0.25) is 0 Å². The van der Waals surface area contributed by atoms with E-state index in [9.17, 15) is 17.6 Å². The van der Waals surface area contributed by atoms with Gasteiger partial charge in [-0.05, 0) is 17.7 Å². The first-order valence-electron chi connectivity index (χ1n) is 8.64. The molecular weight excluding hydrogens is 371 g/mol. The van der Waals surface area contributed by atoms with Crippen LogP contribution in [-0.2, 0) is 34.8 Å². The van der Waals surface area contributed by atoms with Crippen molar-refractivity contribution in [1.29, 1.82) is 0 Å². The predicted molar refractivity (Wildman–Crippen MR) is 98.9 cm³/mol. The molecule has 0 aliphatic carbocycles. The number of rotatable bonds is 6. The van der Waals surface area contributed by atoms with Gasteiger partial charge in [0.1, 0.15) is 11.6 Å². The average molecular weight is 394 g/mol. The summed E-state index contributed by atoms with van der Waals surface area (Å²) in [6.07, 6.45) is 3.47. The van der Waals surface area contributed by atoms with Gasteiger partial charge >= 0.3 is 0 Å². The molecule has 0 spiro atoms. The number of hydrogen-bond acceptors (Lipinski definition) is 5. The van der Waals surface area contributed by atoms with Gasteiger partial charge in [0, 0.05) is 39.1 Å². The van der Waals surface area contributed by atoms with E-state index in [2.05, 4.69) is 10.3 Å². The monoisotopic (exact) mass is 394 g/mol. The van der Waals surface area contributed by atoms with Crippen LogP contribution in [0.1, 0.15) is 11.4 Å². The molecule has 2 heterocycles. The second kappa shape index (κ2) is 7.77. The minimum Gasteiger partial charge on any atom is -0.341 e. The second-order valence-electron chi connectivity index (χ2n) is 6.95. The van der Waals surface area contributed by atoms with Gasteiger partial charge in [-0.2, -0.15) is 0 Å². The molecule has 1 N–H and O–H groups in total. The minimum atomic E-state index is -3.30. The molecule has 7 nitrogen and oxygen atoms in total. The Kier molecular flexibility index (Phi) is 5.61. The van der Waals surface area contributed by atoms with Crippen molar-refractivity contribution in [2.75, 3.05) is 18.6 Å². The first-order chi connectivity index (χ1) is 12.7. The summed E-state index contributed by atoms with van der Waals surface area (Å²) in [5.74, 6) is -0.810. The summed E-state index contributed by atoms with van der Waals surface area (Å²) in [7, 11) is 0.156. The van der Waals surface area contributed by atoms with Gasteiger partial charge in [-0.1, -0.05) is 12.1 Å². The number of sulfone groups is 1. The number of benzene rings is 1. The number of amides is 1. The molecule has 1 aliphatic rings. The van der Waals surface area contributed by atoms with E-state index in [4.69, 9.17) is 0 Å². The first-order valence-corrected chi connectivity index (χ1v) is 10.5. The van der Waals surface area contributed by atoms with Crippen molar-refractivity contribution in [1.82, 2.24) is 19.8 Å². The maximum absolute atomic E-state index is 13.4. The molecule has 0 unspecified atom stereocenters. The molecule has 1 fully saturated rings. The third-order valence-corrected chi connectivity index (χ3v) is 6.53. The molecule has 2 atom stereocenters. The summed E-state index contributed by atoms with van der Waals surface area (Å²) in [6, 6.07) is 5.54. The fraction of sp³-hybridized carbons (Fsp3) is 0.444. The number of hydrogen-bond donors (Lipinski definition) is 1. The lowest BCUT2D eigenvalue weighted by atomic mass is 10.0. The highest BCUT2D eigenvalue weighted by atomic mass is 32.2. The molecule has 0 bridgehead atoms. The molecule has 27 heavy (non-hydrogen) atoms. The van der Waals surface area contributed by atoms with E-state index in [1.54, 1.807) is 31.6 Å². The van der Waals surface area contributed by atoms with Crippen molar-refractivity contribution in [2.45, 2.75) is 19.1 Å². The van der Waals surface area contributed by atoms with Gasteiger partial charge in [-0.3, -0.25) is 4.79 Å². The highest BCUT2D eigenvalue weighted by Crippen LogP contribution is 2.22. The Morgan fingerprint density at radius 2 is 2.19 bits per heavy atom. The summed E-state index contributed by atoms with van der Waals surface area (Å²) in [5.41, 5.74) is 0.657. The Hall–Kier alpha value is -2.26. The molecule has 1 aromatic carbocycles. The van der Waals surface area contributed by atoms with Crippen LogP contribution in [0.5, 0.6) is 0 Å². The van der Waals surface area contributed by atoms with E-state index in [0.29, 0.717) is 12.1 Å². The first kappa shape index (κ1) is 19.5. The van der Waals surface area contributed by atoms with E-state index in [1.807, 2.05) is 11.6 Å². The molecule has 1 saturated heterocycles. The molecule has 146 valence electrons. The smallest absolute Gasteiger partial charge is 0.228 e. The van der Waals surface area contributed by atoms with Crippen molar-refractivity contribution in [3.8, 4) is 0 Å². The molecule has 1 aliphatic heterocycles. The Balaban J connectivity index is 1.69. The largest absolute Gasteiger partial charge is 0.341 e. The summed E-state index contributed by atoms with van der Waals surface area (Å²) in [6.45, 7) is 0.598. The molecule has 2 aromatic rings. The van der Waals surface area contributed by atoms with E-state index in [-0.39, 0.29) is 29.8 Å². The molecular formula is C18H23FN4O3S. The fourth-order valence-corrected chi connectivity index (χ4v) is 5.31. The average Bonchev–Trinajstić information content (AvgIpc) is 3.14. The van der Waals surface area contributed by atoms with Crippen LogP contribution in [0.3, 0.4) is 0 Å². The van der Waals surface area contributed by atoms with Crippen molar-refractivity contribution in [3.05, 3.63) is 53.9 Å². The SMILES string of the molecule is CN(Cc1cccc(F)c1)C(=O)[C@@H]1CS(=O)(=O)C[C@H]1NCc1nccn1C. The number of carbonyl (C=O) groups is 1. The zero-order valence-electron chi connectivity index (χ0n) is 15.3. The molecule has 1 amide bonds. The lowest BCUT2D eigenvalue weighted by molar-refractivity contribution is -0.134. The highest BCUT2D eigenvalue weighted by molar-refractivity contribution is 7.91. The Morgan fingerprint density at radius 3 is 2.85 bits per heavy atom. The molecule has 0 saturated carbocycles. The van der Waals surface area contributed by atoms with E-state index in [1.165, 1.54) is 17.0 Å². The number of aryl methyl sites for hydroxylation is 1. The Bertz CT molecular complexity index is 928. The number of nitrogens with one attached hydrogen (secondary N) is 1. The van der Waals surface area contributed by atoms with E-state index in [0.717, 1.165) is 5.82 Å². The highest BCUT2D eigenvalue weighted by Gasteiger charge is 2.42. The Morgan fingerprint density at radius 1 is 1.41 bits per heavy atom. The topological polar surface area (TPSA) is 84.3 Å². The lowest BCUT2D eigenvalue weighted by Gasteiger charge is -2.25. The summed E-state index contributed by atoms with van der Waals surface area (Å²) in [5, 5.41) is 3.17. The quantitative estimate of drug-likeness (QED) is 0.781. The van der Waals surface area contributed by atoms with Gasteiger partial charge in [-0.25, -0.2) is 17.8 Å². The van der Waals surface area contributed by atoms with Gasteiger partial charge in [-0.15, -0.1) is 0 Å². The molecule has 1 aromatic heterocycles. The third kappa shape index (κ3) is 4.72. The van der Waals surface area contributed by atoms with Crippen molar-refractivity contribution in [2.24, 2.45) is 13.0 Å². The number of nitrogens with zero attached hydrogens (tertiary/aromatic N) is 3. The van der Waals surface area contributed by atoms with Crippen LogP contribution in [0.4, 0.5) is 4.39 Å². The van der Waals surface area contributed by atoms with Crippen LogP contribution in [0.25, 0.3) is 0 Å². The van der Waals surface area contributed by atoms with Crippen LogP contribution in [0, 0.1) is 11.7 Å². The zero-order valence-corrected chi connectivity index (χ0v) is 16.1. The summed E-state index contributed by atoms with van der Waals surface area (Å²) in [4.78, 5) is 18.5. The van der Waals surface area contributed by atoms with Gasteiger partial charge < -0.3 is 14.8 Å². The number of aromatic nitrogens is 2. The van der Waals surface area contributed by atoms with Crippen LogP contribution >= 0.6 is 0 Å². The maximum Gasteiger partial charge on any atom is 0.228 e. The van der Waals surface area contributed by atoms with Gasteiger partial charge in [0.05, 0.1) is 24.0 Å². The van der Waals surface area contributed by atoms with Crippen molar-refractivity contribution in [3.63, 3.8) is 0 Å². The Labute approximate surface area is 158 Å². The fourth-order valence-electron chi connectivity index (χ4n) is 3.35. The van der Waals surface area contributed by atoms with E-state index < -0.39 is 21.8 Å². The van der Waals surface area contributed by atoms with Gasteiger partial charge in [0.15, 0.2) is 9.84 Å². The second-order valence-corrected chi connectivity index (χ2v) is 9.10. The van der Waals surface area contributed by atoms with Crippen LogP contribution in [0.15, 0.2) is 36.7 Å². The van der Waals surface area contributed by atoms with Crippen molar-refractivity contribution < 1.29 is 17.6 Å². The summed E-state index contributed by atoms with van der Waals surface area (Å²) < 4.78 is 39.4. The summed E-state index contributed by atoms with van der Waals surface area (Å²) >= 11 is 0. The van der Waals surface area contributed by atoms with Crippen molar-refractivity contribution >= 4 is 15.7 Å². The number of imidazole rings is 1. The molecule has 3 rings (SSSR count). The molecule has 9 heteroatoms. The maximum atomic E-state index is 13.4. The van der Waals surface area contributed by atoms with E-state index >= 15 is 0 Å². The third-order valence-electron chi connectivity index (χ3n) is 4.80. The predicted octanol–water partition coefficient (Wildman–Crippen LogP) is 0.721. The lowest BCUT2D eigenvalue weighted by Crippen LogP contribution is -2.44. The number of carbonyl (C=O) groups excluding carboxylic acids is 1. The van der Waals surface area contributed by atoms with Gasteiger partial charge in [0.25, 0.3) is 0 Å². The minimum absolute atomic E-state index is 0.0817. The number of halogens is 1. The van der Waals surface area contributed by atoms with Gasteiger partial charge in [0.2, 0.25) is 5.91 Å². The normalized spacial score (nSPS) is 21.3. The van der Waals surface area contributed by atoms with Crippen LogP contribution in [-0.4, -0.2) is 53.4 Å². The zero-order chi connectivity index (χ0) is 19.6.